The van der Waals surface area contributed by atoms with Crippen LogP contribution in [0.2, 0.25) is 0 Å². The molecule has 0 saturated heterocycles. The van der Waals surface area contributed by atoms with Gasteiger partial charge in [-0.3, -0.25) is 9.59 Å². The van der Waals surface area contributed by atoms with E-state index in [0.29, 0.717) is 49.2 Å². The van der Waals surface area contributed by atoms with Crippen molar-refractivity contribution in [1.82, 2.24) is 0 Å². The Morgan fingerprint density at radius 1 is 1.20 bits per heavy atom. The summed E-state index contributed by atoms with van der Waals surface area (Å²) in [5.74, 6) is 1.28. The van der Waals surface area contributed by atoms with E-state index in [-0.39, 0.29) is 17.5 Å². The van der Waals surface area contributed by atoms with E-state index in [4.69, 9.17) is 4.74 Å². The van der Waals surface area contributed by atoms with E-state index in [1.54, 1.807) is 0 Å². The molecule has 4 aliphatic rings. The molecular weight excluding hydrogens is 319 g/mol. The van der Waals surface area contributed by atoms with Crippen LogP contribution in [0.3, 0.4) is 0 Å². The van der Waals surface area contributed by atoms with Crippen molar-refractivity contribution in [3.05, 3.63) is 11.1 Å². The average molecular weight is 348 g/mol. The van der Waals surface area contributed by atoms with Gasteiger partial charge in [-0.15, -0.1) is 0 Å². The summed E-state index contributed by atoms with van der Waals surface area (Å²) in [6, 6.07) is 0. The quantitative estimate of drug-likeness (QED) is 0.516. The maximum Gasteiger partial charge on any atom is 0.302 e. The fourth-order valence-electron chi connectivity index (χ4n) is 6.46. The van der Waals surface area contributed by atoms with Gasteiger partial charge in [0, 0.05) is 25.2 Å². The van der Waals surface area contributed by atoms with Crippen molar-refractivity contribution in [1.29, 1.82) is 0 Å². The minimum atomic E-state index is -0.825. The van der Waals surface area contributed by atoms with Gasteiger partial charge in [0.15, 0.2) is 0 Å². The molecule has 0 amide bonds. The summed E-state index contributed by atoms with van der Waals surface area (Å²) in [7, 11) is 0. The highest BCUT2D eigenvalue weighted by Crippen LogP contribution is 2.59. The zero-order valence-electron chi connectivity index (χ0n) is 15.4. The van der Waals surface area contributed by atoms with Gasteiger partial charge in [-0.25, -0.2) is 4.39 Å². The Kier molecular flexibility index (Phi) is 4.28. The van der Waals surface area contributed by atoms with Crippen LogP contribution in [0.25, 0.3) is 0 Å². The second kappa shape index (κ2) is 6.21. The Balaban J connectivity index is 1.62. The topological polar surface area (TPSA) is 43.4 Å². The third kappa shape index (κ3) is 2.86. The molecule has 3 nitrogen and oxygen atoms in total. The van der Waals surface area contributed by atoms with Crippen molar-refractivity contribution in [3.63, 3.8) is 0 Å². The first-order valence-electron chi connectivity index (χ1n) is 9.94. The van der Waals surface area contributed by atoms with E-state index in [1.165, 1.54) is 18.1 Å². The maximum atomic E-state index is 14.8. The highest BCUT2D eigenvalue weighted by molar-refractivity contribution is 5.87. The van der Waals surface area contributed by atoms with Crippen molar-refractivity contribution < 1.29 is 18.7 Å². The number of allylic oxidation sites excluding steroid dienone is 1. The molecule has 4 rings (SSSR count). The number of carbonyl (C=O) groups is 2. The van der Waals surface area contributed by atoms with E-state index in [2.05, 4.69) is 6.92 Å². The first-order chi connectivity index (χ1) is 11.9. The predicted octanol–water partition coefficient (Wildman–Crippen LogP) is 4.54. The summed E-state index contributed by atoms with van der Waals surface area (Å²) < 4.78 is 20.2. The van der Waals surface area contributed by atoms with Crippen LogP contribution in [0.1, 0.15) is 71.6 Å². The molecule has 2 fully saturated rings. The van der Waals surface area contributed by atoms with Crippen LogP contribution in [0, 0.1) is 23.2 Å². The molecule has 0 aromatic carbocycles. The van der Waals surface area contributed by atoms with Crippen LogP contribution in [0.15, 0.2) is 11.1 Å². The summed E-state index contributed by atoms with van der Waals surface area (Å²) in [5.41, 5.74) is 2.46. The zero-order valence-corrected chi connectivity index (χ0v) is 15.4. The Hall–Kier alpha value is -1.19. The highest BCUT2D eigenvalue weighted by Gasteiger charge is 2.55. The SMILES string of the molecule is CC(=O)O[C@@H]1CCC2=C(C[C@@H](F)C[C@@H]3[C@@H]2CC[C@@]2(C)C(=O)CC[C@H]32)C1. The van der Waals surface area contributed by atoms with E-state index in [1.807, 2.05) is 0 Å². The molecule has 0 bridgehead atoms. The Labute approximate surface area is 149 Å². The largest absolute Gasteiger partial charge is 0.462 e. The van der Waals surface area contributed by atoms with Gasteiger partial charge in [-0.1, -0.05) is 18.1 Å². The number of ether oxygens (including phenoxy) is 1. The lowest BCUT2D eigenvalue weighted by Crippen LogP contribution is -2.42. The smallest absolute Gasteiger partial charge is 0.302 e. The molecular formula is C21H29FO3. The number of fused-ring (bicyclic) bond motifs is 4. The van der Waals surface area contributed by atoms with E-state index in [0.717, 1.165) is 32.1 Å². The monoisotopic (exact) mass is 348 g/mol. The van der Waals surface area contributed by atoms with Gasteiger partial charge < -0.3 is 4.74 Å². The van der Waals surface area contributed by atoms with Gasteiger partial charge in [0.05, 0.1) is 0 Å². The lowest BCUT2D eigenvalue weighted by Gasteiger charge is -2.46. The second-order valence-corrected chi connectivity index (χ2v) is 8.93. The Morgan fingerprint density at radius 3 is 2.76 bits per heavy atom. The maximum absolute atomic E-state index is 14.8. The number of ketones is 1. The summed E-state index contributed by atoms with van der Waals surface area (Å²) in [5, 5.41) is 0. The van der Waals surface area contributed by atoms with Crippen LogP contribution in [-0.2, 0) is 14.3 Å². The molecule has 0 aliphatic heterocycles. The summed E-state index contributed by atoms with van der Waals surface area (Å²) in [4.78, 5) is 23.7. The number of esters is 1. The van der Waals surface area contributed by atoms with Crippen molar-refractivity contribution in [2.24, 2.45) is 23.2 Å². The van der Waals surface area contributed by atoms with Crippen molar-refractivity contribution in [3.8, 4) is 0 Å². The van der Waals surface area contributed by atoms with E-state index < -0.39 is 6.17 Å². The Bertz CT molecular complexity index is 625. The molecule has 2 saturated carbocycles. The van der Waals surface area contributed by atoms with Gasteiger partial charge in [0.1, 0.15) is 18.1 Å². The molecule has 0 unspecified atom stereocenters. The first kappa shape index (κ1) is 17.2. The van der Waals surface area contributed by atoms with Gasteiger partial charge in [0.25, 0.3) is 0 Å². The molecule has 0 radical (unpaired) electrons. The molecule has 0 aromatic heterocycles. The normalized spacial score (nSPS) is 43.8. The van der Waals surface area contributed by atoms with Crippen LogP contribution in [-0.4, -0.2) is 24.0 Å². The predicted molar refractivity (Wildman–Crippen MR) is 92.6 cm³/mol. The molecule has 0 N–H and O–H groups in total. The van der Waals surface area contributed by atoms with E-state index >= 15 is 0 Å². The molecule has 0 heterocycles. The van der Waals surface area contributed by atoms with E-state index in [9.17, 15) is 14.0 Å². The molecule has 4 heteroatoms. The van der Waals surface area contributed by atoms with Gasteiger partial charge >= 0.3 is 5.97 Å². The van der Waals surface area contributed by atoms with Crippen LogP contribution in [0.5, 0.6) is 0 Å². The van der Waals surface area contributed by atoms with Crippen molar-refractivity contribution in [2.75, 3.05) is 0 Å². The molecule has 6 atom stereocenters. The molecule has 0 aromatic rings. The standard InChI is InChI=1S/C21H29FO3/c1-12(23)25-15-3-4-16-13(10-15)9-14(22)11-18-17(16)7-8-21(2)19(18)5-6-20(21)24/h14-15,17-19H,3-11H2,1-2H3/t14-,15-,17-,18-,19-,21-/m1/s1. The third-order valence-corrected chi connectivity index (χ3v) is 7.59. The number of alkyl halides is 1. The molecule has 138 valence electrons. The lowest BCUT2D eigenvalue weighted by atomic mass is 9.57. The molecule has 0 spiro atoms. The number of Topliss-reactive ketones (excluding diaryl/α,β-unsaturated/α-hetero) is 1. The number of halogens is 1. The van der Waals surface area contributed by atoms with Crippen LogP contribution >= 0.6 is 0 Å². The molecule has 4 aliphatic carbocycles. The fourth-order valence-corrected chi connectivity index (χ4v) is 6.46. The number of rotatable bonds is 1. The average Bonchev–Trinajstić information content (AvgIpc) is 2.76. The summed E-state index contributed by atoms with van der Waals surface area (Å²) in [6.07, 6.45) is 6.30. The van der Waals surface area contributed by atoms with Gasteiger partial charge in [-0.05, 0) is 62.7 Å². The van der Waals surface area contributed by atoms with Crippen LogP contribution < -0.4 is 0 Å². The third-order valence-electron chi connectivity index (χ3n) is 7.59. The molecule has 25 heavy (non-hydrogen) atoms. The zero-order chi connectivity index (χ0) is 17.8. The number of hydrogen-bond acceptors (Lipinski definition) is 3. The minimum absolute atomic E-state index is 0.0816. The Morgan fingerprint density at radius 2 is 2.00 bits per heavy atom. The van der Waals surface area contributed by atoms with Crippen LogP contribution in [0.4, 0.5) is 4.39 Å². The number of carbonyl (C=O) groups excluding carboxylic acids is 2. The fraction of sp³-hybridized carbons (Fsp3) is 0.810. The minimum Gasteiger partial charge on any atom is -0.462 e. The van der Waals surface area contributed by atoms with Gasteiger partial charge in [0.2, 0.25) is 0 Å². The van der Waals surface area contributed by atoms with Gasteiger partial charge in [-0.2, -0.15) is 0 Å². The highest BCUT2D eigenvalue weighted by atomic mass is 19.1. The van der Waals surface area contributed by atoms with Crippen molar-refractivity contribution in [2.45, 2.75) is 83.9 Å². The summed E-state index contributed by atoms with van der Waals surface area (Å²) in [6.45, 7) is 3.58. The van der Waals surface area contributed by atoms with Crippen molar-refractivity contribution >= 4 is 11.8 Å². The lowest BCUT2D eigenvalue weighted by molar-refractivity contribution is -0.146. The summed E-state index contributed by atoms with van der Waals surface area (Å²) >= 11 is 0. The second-order valence-electron chi connectivity index (χ2n) is 8.93. The number of hydrogen-bond donors (Lipinski definition) is 0. The first-order valence-corrected chi connectivity index (χ1v) is 9.94.